The molecule has 6 heteroatoms. The van der Waals surface area contributed by atoms with Crippen molar-refractivity contribution in [3.63, 3.8) is 0 Å². The summed E-state index contributed by atoms with van der Waals surface area (Å²) in [6.07, 6.45) is 4.35. The van der Waals surface area contributed by atoms with Crippen LogP contribution in [0.3, 0.4) is 0 Å². The van der Waals surface area contributed by atoms with Crippen molar-refractivity contribution in [3.8, 4) is 0 Å². The number of amides is 2. The van der Waals surface area contributed by atoms with Gasteiger partial charge in [0.05, 0.1) is 18.8 Å². The molecular weight excluding hydrogens is 400 g/mol. The summed E-state index contributed by atoms with van der Waals surface area (Å²) >= 11 is 0. The van der Waals surface area contributed by atoms with E-state index in [-0.39, 0.29) is 11.8 Å². The molecule has 2 amide bonds. The van der Waals surface area contributed by atoms with E-state index in [4.69, 9.17) is 0 Å². The molecule has 3 heterocycles. The third-order valence-corrected chi connectivity index (χ3v) is 7.56. The smallest absolute Gasteiger partial charge is 0.247 e. The number of aromatic amines is 1. The fraction of sp³-hybridized carbons (Fsp3) is 0.385. The lowest BCUT2D eigenvalue weighted by molar-refractivity contribution is -0.132. The standard InChI is InChI=1S/C26H28N4O2/c1-28-13-17(10-21-20-8-5-9-22-26(20)18(12-27-22)11-23(21)28)14-29-15-24(31)30(25(32)16-29)19-6-3-2-4-7-19/h2-9,12,17,21,23,27H,10-11,13-16H2,1H3/t17-,21+,23-/m1/s1. The molecule has 0 spiro atoms. The van der Waals surface area contributed by atoms with Crippen molar-refractivity contribution in [2.75, 3.05) is 38.1 Å². The molecule has 0 saturated carbocycles. The van der Waals surface area contributed by atoms with Crippen molar-refractivity contribution in [3.05, 3.63) is 65.9 Å². The average Bonchev–Trinajstić information content (AvgIpc) is 3.19. The highest BCUT2D eigenvalue weighted by molar-refractivity contribution is 6.17. The number of fused-ring (bicyclic) bond motifs is 2. The number of benzene rings is 2. The number of nitrogens with one attached hydrogen (secondary N) is 1. The van der Waals surface area contributed by atoms with Crippen LogP contribution >= 0.6 is 0 Å². The molecule has 2 aliphatic heterocycles. The summed E-state index contributed by atoms with van der Waals surface area (Å²) in [5.41, 5.74) is 4.77. The average molecular weight is 429 g/mol. The van der Waals surface area contributed by atoms with Gasteiger partial charge in [0.15, 0.2) is 0 Å². The summed E-state index contributed by atoms with van der Waals surface area (Å²) < 4.78 is 0. The van der Waals surface area contributed by atoms with E-state index in [2.05, 4.69) is 41.3 Å². The molecule has 0 bridgehead atoms. The second-order valence-corrected chi connectivity index (χ2v) is 9.63. The van der Waals surface area contributed by atoms with Crippen LogP contribution in [0.25, 0.3) is 10.9 Å². The molecule has 164 valence electrons. The molecule has 2 fully saturated rings. The Labute approximate surface area is 187 Å². The number of aromatic nitrogens is 1. The predicted octanol–water partition coefficient (Wildman–Crippen LogP) is 3.00. The normalized spacial score (nSPS) is 26.5. The van der Waals surface area contributed by atoms with Gasteiger partial charge in [0.25, 0.3) is 0 Å². The molecule has 0 radical (unpaired) electrons. The maximum absolute atomic E-state index is 12.8. The monoisotopic (exact) mass is 428 g/mol. The van der Waals surface area contributed by atoms with Crippen LogP contribution in [0.4, 0.5) is 5.69 Å². The van der Waals surface area contributed by atoms with Crippen LogP contribution in [0.5, 0.6) is 0 Å². The van der Waals surface area contributed by atoms with E-state index in [1.807, 2.05) is 35.2 Å². The fourth-order valence-electron chi connectivity index (χ4n) is 6.26. The number of carbonyl (C=O) groups excluding carboxylic acids is 2. The lowest BCUT2D eigenvalue weighted by atomic mass is 9.72. The largest absolute Gasteiger partial charge is 0.361 e. The Balaban J connectivity index is 1.20. The van der Waals surface area contributed by atoms with Crippen LogP contribution in [0.2, 0.25) is 0 Å². The van der Waals surface area contributed by atoms with Gasteiger partial charge < -0.3 is 9.88 Å². The van der Waals surface area contributed by atoms with Crippen LogP contribution in [0, 0.1) is 5.92 Å². The minimum absolute atomic E-state index is 0.131. The van der Waals surface area contributed by atoms with E-state index >= 15 is 0 Å². The van der Waals surface area contributed by atoms with Crippen molar-refractivity contribution >= 4 is 28.4 Å². The quantitative estimate of drug-likeness (QED) is 0.652. The van der Waals surface area contributed by atoms with Gasteiger partial charge in [-0.3, -0.25) is 14.5 Å². The van der Waals surface area contributed by atoms with E-state index in [0.29, 0.717) is 36.7 Å². The van der Waals surface area contributed by atoms with Gasteiger partial charge in [0, 0.05) is 42.1 Å². The first-order valence-corrected chi connectivity index (χ1v) is 11.5. The third-order valence-electron chi connectivity index (χ3n) is 7.56. The summed E-state index contributed by atoms with van der Waals surface area (Å²) in [7, 11) is 2.23. The number of para-hydroxylation sites is 1. The van der Waals surface area contributed by atoms with Gasteiger partial charge in [0.2, 0.25) is 11.8 Å². The van der Waals surface area contributed by atoms with Crippen molar-refractivity contribution in [1.29, 1.82) is 0 Å². The first-order valence-electron chi connectivity index (χ1n) is 11.5. The number of hydrogen-bond donors (Lipinski definition) is 1. The Hall–Kier alpha value is -2.96. The number of rotatable bonds is 3. The summed E-state index contributed by atoms with van der Waals surface area (Å²) in [4.78, 5) is 35.0. The first-order chi connectivity index (χ1) is 15.6. The molecule has 6 nitrogen and oxygen atoms in total. The number of carbonyl (C=O) groups is 2. The number of H-pyrrole nitrogens is 1. The summed E-state index contributed by atoms with van der Waals surface area (Å²) in [6.45, 7) is 2.38. The fourth-order valence-corrected chi connectivity index (χ4v) is 6.26. The van der Waals surface area contributed by atoms with Gasteiger partial charge in [0.1, 0.15) is 0 Å². The summed E-state index contributed by atoms with van der Waals surface area (Å²) in [5.74, 6) is 0.659. The molecule has 3 aromatic rings. The molecule has 3 atom stereocenters. The van der Waals surface area contributed by atoms with E-state index in [1.54, 1.807) is 0 Å². The Morgan fingerprint density at radius 2 is 1.78 bits per heavy atom. The summed E-state index contributed by atoms with van der Waals surface area (Å²) in [5, 5.41) is 1.41. The first kappa shape index (κ1) is 19.7. The highest BCUT2D eigenvalue weighted by atomic mass is 16.2. The molecule has 1 aliphatic carbocycles. The SMILES string of the molecule is CN1C[C@H](CN2CC(=O)N(c3ccccc3)C(=O)C2)C[C@H]2c3cccc4[nH]cc(c34)C[C@H]21. The lowest BCUT2D eigenvalue weighted by Crippen LogP contribution is -2.56. The van der Waals surface area contributed by atoms with E-state index in [9.17, 15) is 9.59 Å². The molecule has 32 heavy (non-hydrogen) atoms. The zero-order valence-corrected chi connectivity index (χ0v) is 18.3. The number of imide groups is 1. The Kier molecular flexibility index (Phi) is 4.66. The maximum atomic E-state index is 12.8. The highest BCUT2D eigenvalue weighted by Crippen LogP contribution is 2.44. The Morgan fingerprint density at radius 1 is 1.00 bits per heavy atom. The molecular formula is C26H28N4O2. The maximum Gasteiger partial charge on any atom is 0.247 e. The number of likely N-dealkylation sites (tertiary alicyclic amines) is 1. The molecule has 2 aromatic carbocycles. The van der Waals surface area contributed by atoms with Crippen LogP contribution in [0.15, 0.2) is 54.7 Å². The molecule has 0 unspecified atom stereocenters. The lowest BCUT2D eigenvalue weighted by Gasteiger charge is -2.46. The van der Waals surface area contributed by atoms with Crippen LogP contribution < -0.4 is 4.90 Å². The van der Waals surface area contributed by atoms with Gasteiger partial charge in [-0.15, -0.1) is 0 Å². The van der Waals surface area contributed by atoms with Gasteiger partial charge >= 0.3 is 0 Å². The molecule has 6 rings (SSSR count). The number of hydrogen-bond acceptors (Lipinski definition) is 4. The minimum Gasteiger partial charge on any atom is -0.361 e. The van der Waals surface area contributed by atoms with Crippen LogP contribution in [0.1, 0.15) is 23.5 Å². The molecule has 1 N–H and O–H groups in total. The Bertz CT molecular complexity index is 1170. The van der Waals surface area contributed by atoms with Crippen LogP contribution in [-0.2, 0) is 16.0 Å². The second-order valence-electron chi connectivity index (χ2n) is 9.63. The predicted molar refractivity (Wildman–Crippen MR) is 125 cm³/mol. The Morgan fingerprint density at radius 3 is 2.56 bits per heavy atom. The van der Waals surface area contributed by atoms with Crippen molar-refractivity contribution in [2.24, 2.45) is 5.92 Å². The number of nitrogens with zero attached hydrogens (tertiary/aromatic N) is 3. The number of piperazine rings is 1. The molecule has 1 aromatic heterocycles. The minimum atomic E-state index is -0.131. The molecule has 3 aliphatic rings. The topological polar surface area (TPSA) is 59.6 Å². The number of piperidine rings is 1. The van der Waals surface area contributed by atoms with Crippen molar-refractivity contribution < 1.29 is 9.59 Å². The summed E-state index contributed by atoms with van der Waals surface area (Å²) in [6, 6.07) is 16.4. The van der Waals surface area contributed by atoms with Crippen LogP contribution in [-0.4, -0.2) is 65.9 Å². The number of likely N-dealkylation sites (N-methyl/N-ethyl adjacent to an activating group) is 1. The van der Waals surface area contributed by atoms with Gasteiger partial charge in [-0.05, 0) is 55.1 Å². The van der Waals surface area contributed by atoms with Gasteiger partial charge in [-0.25, -0.2) is 4.90 Å². The van der Waals surface area contributed by atoms with Gasteiger partial charge in [-0.2, -0.15) is 0 Å². The van der Waals surface area contributed by atoms with E-state index in [0.717, 1.165) is 25.9 Å². The number of anilines is 1. The van der Waals surface area contributed by atoms with Crippen molar-refractivity contribution in [2.45, 2.75) is 24.8 Å². The van der Waals surface area contributed by atoms with Crippen molar-refractivity contribution in [1.82, 2.24) is 14.8 Å². The molecule has 2 saturated heterocycles. The zero-order valence-electron chi connectivity index (χ0n) is 18.3. The zero-order chi connectivity index (χ0) is 21.8. The highest BCUT2D eigenvalue weighted by Gasteiger charge is 2.41. The van der Waals surface area contributed by atoms with E-state index < -0.39 is 0 Å². The third kappa shape index (κ3) is 3.17. The van der Waals surface area contributed by atoms with Gasteiger partial charge in [-0.1, -0.05) is 30.3 Å². The second kappa shape index (κ2) is 7.57. The van der Waals surface area contributed by atoms with E-state index in [1.165, 1.54) is 26.9 Å².